The number of nitrogens with zero attached hydrogens (tertiary/aromatic N) is 1. The number of benzene rings is 3. The topological polar surface area (TPSA) is 128 Å². The molecule has 44 heavy (non-hydrogen) atoms. The van der Waals surface area contributed by atoms with Gasteiger partial charge in [0.1, 0.15) is 0 Å². The number of imide groups is 1. The second-order valence-electron chi connectivity index (χ2n) is 9.27. The van der Waals surface area contributed by atoms with Gasteiger partial charge in [0.25, 0.3) is 11.8 Å². The molecule has 3 aromatic rings. The van der Waals surface area contributed by atoms with Crippen LogP contribution in [0.2, 0.25) is 0 Å². The summed E-state index contributed by atoms with van der Waals surface area (Å²) < 4.78 is 43.3. The number of ether oxygens (including phenoxy) is 8. The predicted molar refractivity (Wildman–Crippen MR) is 160 cm³/mol. The summed E-state index contributed by atoms with van der Waals surface area (Å²) in [5.74, 6) is 0.478. The summed E-state index contributed by atoms with van der Waals surface area (Å²) in [4.78, 5) is 42.6. The van der Waals surface area contributed by atoms with Crippen molar-refractivity contribution in [3.8, 4) is 46.0 Å². The van der Waals surface area contributed by atoms with E-state index in [1.165, 1.54) is 69.0 Å². The lowest BCUT2D eigenvalue weighted by molar-refractivity contribution is -0.135. The highest BCUT2D eigenvalue weighted by Gasteiger charge is 2.41. The van der Waals surface area contributed by atoms with Crippen LogP contribution in [0.5, 0.6) is 46.0 Å². The van der Waals surface area contributed by atoms with Gasteiger partial charge in [-0.2, -0.15) is 0 Å². The fourth-order valence-corrected chi connectivity index (χ4v) is 4.95. The third kappa shape index (κ3) is 5.53. The number of carbonyl (C=O) groups is 3. The summed E-state index contributed by atoms with van der Waals surface area (Å²) in [6, 6.07) is 10.9. The number of methoxy groups -OCH3 is 8. The Labute approximate surface area is 254 Å². The zero-order valence-corrected chi connectivity index (χ0v) is 25.7. The summed E-state index contributed by atoms with van der Waals surface area (Å²) in [6.45, 7) is -0.568. The zero-order chi connectivity index (χ0) is 32.1. The SMILES string of the molecule is COc1ccc(C2=C(c3cc(OC)c(OC)c(OC)c3)C(=O)N(CC(=O)c3cc(OC)c(OC)c(OC)c3)C2=O)cc1OC. The number of rotatable bonds is 13. The first-order valence-electron chi connectivity index (χ1n) is 13.2. The highest BCUT2D eigenvalue weighted by Crippen LogP contribution is 2.45. The minimum Gasteiger partial charge on any atom is -0.493 e. The van der Waals surface area contributed by atoms with E-state index in [-0.39, 0.29) is 39.7 Å². The number of hydrogen-bond donors (Lipinski definition) is 0. The Morgan fingerprint density at radius 2 is 0.932 bits per heavy atom. The zero-order valence-electron chi connectivity index (χ0n) is 25.7. The van der Waals surface area contributed by atoms with Gasteiger partial charge in [-0.15, -0.1) is 0 Å². The molecular weight excluding hydrogens is 574 g/mol. The predicted octanol–water partition coefficient (Wildman–Crippen LogP) is 3.92. The Balaban J connectivity index is 1.87. The smallest absolute Gasteiger partial charge is 0.262 e. The van der Waals surface area contributed by atoms with Crippen LogP contribution >= 0.6 is 0 Å². The van der Waals surface area contributed by atoms with Crippen molar-refractivity contribution >= 4 is 28.7 Å². The summed E-state index contributed by atoms with van der Waals surface area (Å²) in [5.41, 5.74) is 0.897. The Morgan fingerprint density at radius 1 is 0.523 bits per heavy atom. The largest absolute Gasteiger partial charge is 0.493 e. The first-order chi connectivity index (χ1) is 21.2. The maximum absolute atomic E-state index is 14.1. The molecule has 4 rings (SSSR count). The van der Waals surface area contributed by atoms with Crippen molar-refractivity contribution in [1.29, 1.82) is 0 Å². The third-order valence-electron chi connectivity index (χ3n) is 7.08. The lowest BCUT2D eigenvalue weighted by atomic mass is 9.95. The van der Waals surface area contributed by atoms with Gasteiger partial charge in [-0.25, -0.2) is 0 Å². The third-order valence-corrected chi connectivity index (χ3v) is 7.08. The van der Waals surface area contributed by atoms with E-state index in [4.69, 9.17) is 37.9 Å². The quantitative estimate of drug-likeness (QED) is 0.207. The molecule has 0 saturated carbocycles. The Hall–Kier alpha value is -5.39. The van der Waals surface area contributed by atoms with E-state index in [0.717, 1.165) is 4.90 Å². The van der Waals surface area contributed by atoms with Crippen molar-refractivity contribution in [2.24, 2.45) is 0 Å². The molecule has 3 aromatic carbocycles. The number of hydrogen-bond acceptors (Lipinski definition) is 11. The van der Waals surface area contributed by atoms with Gasteiger partial charge in [-0.05, 0) is 47.5 Å². The van der Waals surface area contributed by atoms with Crippen molar-refractivity contribution in [2.75, 3.05) is 63.4 Å². The van der Waals surface area contributed by atoms with Gasteiger partial charge in [0.05, 0.1) is 74.6 Å². The second-order valence-corrected chi connectivity index (χ2v) is 9.27. The van der Waals surface area contributed by atoms with Crippen LogP contribution < -0.4 is 37.9 Å². The van der Waals surface area contributed by atoms with Crippen LogP contribution in [0.4, 0.5) is 0 Å². The molecule has 2 amide bonds. The highest BCUT2D eigenvalue weighted by molar-refractivity contribution is 6.49. The van der Waals surface area contributed by atoms with Crippen LogP contribution in [0.1, 0.15) is 21.5 Å². The molecule has 0 aromatic heterocycles. The number of carbonyl (C=O) groups excluding carboxylic acids is 3. The van der Waals surface area contributed by atoms with Gasteiger partial charge < -0.3 is 37.9 Å². The van der Waals surface area contributed by atoms with Crippen LogP contribution in [-0.2, 0) is 9.59 Å². The van der Waals surface area contributed by atoms with E-state index in [2.05, 4.69) is 0 Å². The fraction of sp³-hybridized carbons (Fsp3) is 0.281. The summed E-state index contributed by atoms with van der Waals surface area (Å²) in [6.07, 6.45) is 0. The average Bonchev–Trinajstić information content (AvgIpc) is 3.30. The van der Waals surface area contributed by atoms with Crippen LogP contribution in [0.25, 0.3) is 11.1 Å². The molecule has 12 nitrogen and oxygen atoms in total. The standard InChI is InChI=1S/C32H33NO11/c1-37-21-10-9-17(11-22(21)38-2)27-28(19-14-25(41-5)30(44-8)26(15-19)42-6)32(36)33(31(27)35)16-20(34)18-12-23(39-3)29(43-7)24(13-18)40-4/h9-15H,16H2,1-8H3. The first kappa shape index (κ1) is 31.5. The molecule has 0 radical (unpaired) electrons. The number of Topliss-reactive ketones (excluding diaryl/α,β-unsaturated/α-hetero) is 1. The molecule has 0 unspecified atom stereocenters. The van der Waals surface area contributed by atoms with E-state index in [9.17, 15) is 14.4 Å². The molecule has 0 atom stereocenters. The van der Waals surface area contributed by atoms with E-state index in [1.54, 1.807) is 30.3 Å². The summed E-state index contributed by atoms with van der Waals surface area (Å²) in [7, 11) is 11.6. The van der Waals surface area contributed by atoms with Gasteiger partial charge in [0.15, 0.2) is 40.3 Å². The van der Waals surface area contributed by atoms with E-state index < -0.39 is 24.1 Å². The Kier molecular flexibility index (Phi) is 9.52. The minimum atomic E-state index is -0.699. The maximum Gasteiger partial charge on any atom is 0.262 e. The molecule has 0 spiro atoms. The minimum absolute atomic E-state index is 0.0270. The summed E-state index contributed by atoms with van der Waals surface area (Å²) in [5, 5.41) is 0. The molecule has 0 aliphatic carbocycles. The number of ketones is 1. The van der Waals surface area contributed by atoms with Crippen molar-refractivity contribution in [1.82, 2.24) is 4.90 Å². The van der Waals surface area contributed by atoms with Gasteiger partial charge in [0.2, 0.25) is 11.5 Å². The van der Waals surface area contributed by atoms with Crippen molar-refractivity contribution in [3.63, 3.8) is 0 Å². The maximum atomic E-state index is 14.1. The van der Waals surface area contributed by atoms with Crippen LogP contribution in [0.3, 0.4) is 0 Å². The fourth-order valence-electron chi connectivity index (χ4n) is 4.95. The molecule has 0 bridgehead atoms. The summed E-state index contributed by atoms with van der Waals surface area (Å²) >= 11 is 0. The average molecular weight is 608 g/mol. The molecule has 1 aliphatic rings. The van der Waals surface area contributed by atoms with Crippen molar-refractivity contribution in [2.45, 2.75) is 0 Å². The highest BCUT2D eigenvalue weighted by atomic mass is 16.5. The molecule has 0 fully saturated rings. The monoisotopic (exact) mass is 607 g/mol. The van der Waals surface area contributed by atoms with Gasteiger partial charge in [-0.3, -0.25) is 19.3 Å². The normalized spacial score (nSPS) is 12.7. The van der Waals surface area contributed by atoms with Crippen molar-refractivity contribution < 1.29 is 52.3 Å². The molecule has 0 saturated heterocycles. The van der Waals surface area contributed by atoms with Crippen molar-refractivity contribution in [3.05, 3.63) is 59.2 Å². The van der Waals surface area contributed by atoms with E-state index in [1.807, 2.05) is 0 Å². The molecule has 232 valence electrons. The molecule has 0 N–H and O–H groups in total. The second kappa shape index (κ2) is 13.3. The van der Waals surface area contributed by atoms with E-state index in [0.29, 0.717) is 34.1 Å². The molecule has 1 heterocycles. The van der Waals surface area contributed by atoms with Crippen LogP contribution in [-0.4, -0.2) is 85.9 Å². The lowest BCUT2D eigenvalue weighted by Gasteiger charge is -2.17. The van der Waals surface area contributed by atoms with E-state index >= 15 is 0 Å². The lowest BCUT2D eigenvalue weighted by Crippen LogP contribution is -2.36. The van der Waals surface area contributed by atoms with Gasteiger partial charge in [0, 0.05) is 5.56 Å². The first-order valence-corrected chi connectivity index (χ1v) is 13.2. The van der Waals surface area contributed by atoms with Crippen LogP contribution in [0, 0.1) is 0 Å². The molecule has 1 aliphatic heterocycles. The van der Waals surface area contributed by atoms with Gasteiger partial charge in [-0.1, -0.05) is 6.07 Å². The Bertz CT molecular complexity index is 1590. The molecular formula is C32H33NO11. The Morgan fingerprint density at radius 3 is 1.36 bits per heavy atom. The number of amides is 2. The van der Waals surface area contributed by atoms with Crippen LogP contribution in [0.15, 0.2) is 42.5 Å². The molecule has 12 heteroatoms. The van der Waals surface area contributed by atoms with Gasteiger partial charge >= 0.3 is 0 Å².